The van der Waals surface area contributed by atoms with E-state index in [4.69, 9.17) is 5.73 Å². The molecule has 0 spiro atoms. The summed E-state index contributed by atoms with van der Waals surface area (Å²) >= 11 is 0. The first-order valence-corrected chi connectivity index (χ1v) is 8.75. The topological polar surface area (TPSA) is 46.3 Å². The molecular weight excluding hydrogens is 248 g/mol. The van der Waals surface area contributed by atoms with Crippen molar-refractivity contribution < 1.29 is 4.79 Å². The third kappa shape index (κ3) is 5.82. The van der Waals surface area contributed by atoms with E-state index in [2.05, 4.69) is 18.7 Å². The van der Waals surface area contributed by atoms with Gasteiger partial charge in [0.15, 0.2) is 0 Å². The minimum Gasteiger partial charge on any atom is -0.342 e. The molecule has 1 aliphatic carbocycles. The molecule has 3 heteroatoms. The summed E-state index contributed by atoms with van der Waals surface area (Å²) in [4.78, 5) is 14.9. The zero-order valence-electron chi connectivity index (χ0n) is 13.6. The van der Waals surface area contributed by atoms with E-state index in [0.29, 0.717) is 5.91 Å². The predicted molar refractivity (Wildman–Crippen MR) is 85.6 cm³/mol. The average molecular weight is 282 g/mol. The Labute approximate surface area is 125 Å². The van der Waals surface area contributed by atoms with Gasteiger partial charge in [0.05, 0.1) is 5.92 Å². The van der Waals surface area contributed by atoms with Crippen LogP contribution in [0.5, 0.6) is 0 Å². The second-order valence-corrected chi connectivity index (χ2v) is 6.29. The molecule has 1 fully saturated rings. The molecule has 1 amide bonds. The number of unbranched alkanes of at least 4 members (excludes halogenated alkanes) is 4. The molecule has 0 heterocycles. The number of nitrogens with two attached hydrogens (primary N) is 1. The van der Waals surface area contributed by atoms with E-state index >= 15 is 0 Å². The van der Waals surface area contributed by atoms with Gasteiger partial charge in [0, 0.05) is 19.1 Å². The molecule has 118 valence electrons. The van der Waals surface area contributed by atoms with E-state index in [1.165, 1.54) is 38.5 Å². The fourth-order valence-electron chi connectivity index (χ4n) is 3.14. The molecule has 2 unspecified atom stereocenters. The lowest BCUT2D eigenvalue weighted by atomic mass is 9.84. The minimum absolute atomic E-state index is 0.0898. The summed E-state index contributed by atoms with van der Waals surface area (Å²) in [6.07, 6.45) is 11.5. The summed E-state index contributed by atoms with van der Waals surface area (Å²) in [6.45, 7) is 6.28. The van der Waals surface area contributed by atoms with Gasteiger partial charge in [-0.05, 0) is 25.7 Å². The molecule has 0 aromatic rings. The number of nitrogens with zero attached hydrogens (tertiary/aromatic N) is 1. The number of amides is 1. The van der Waals surface area contributed by atoms with Crippen LogP contribution in [0.25, 0.3) is 0 Å². The Morgan fingerprint density at radius 2 is 1.55 bits per heavy atom. The molecule has 0 saturated heterocycles. The maximum atomic E-state index is 12.7. The van der Waals surface area contributed by atoms with Gasteiger partial charge in [0.1, 0.15) is 0 Å². The molecule has 0 aliphatic heterocycles. The van der Waals surface area contributed by atoms with Crippen LogP contribution in [0.2, 0.25) is 0 Å². The van der Waals surface area contributed by atoms with E-state index in [0.717, 1.165) is 38.8 Å². The Morgan fingerprint density at radius 1 is 1.00 bits per heavy atom. The first kappa shape index (κ1) is 17.5. The summed E-state index contributed by atoms with van der Waals surface area (Å²) in [5, 5.41) is 0. The summed E-state index contributed by atoms with van der Waals surface area (Å²) in [7, 11) is 0. The maximum Gasteiger partial charge on any atom is 0.227 e. The largest absolute Gasteiger partial charge is 0.342 e. The highest BCUT2D eigenvalue weighted by Gasteiger charge is 2.31. The fourth-order valence-corrected chi connectivity index (χ4v) is 3.14. The smallest absolute Gasteiger partial charge is 0.227 e. The first-order valence-electron chi connectivity index (χ1n) is 8.75. The molecular formula is C17H34N2O. The molecule has 20 heavy (non-hydrogen) atoms. The molecule has 1 aliphatic rings. The average Bonchev–Trinajstić information content (AvgIpc) is 2.46. The Hall–Kier alpha value is -0.570. The van der Waals surface area contributed by atoms with E-state index in [-0.39, 0.29) is 12.0 Å². The Morgan fingerprint density at radius 3 is 2.05 bits per heavy atom. The number of carbonyl (C=O) groups is 1. The number of carbonyl (C=O) groups excluding carboxylic acids is 1. The van der Waals surface area contributed by atoms with Gasteiger partial charge >= 0.3 is 0 Å². The second kappa shape index (κ2) is 10.2. The molecule has 2 atom stereocenters. The molecule has 3 nitrogen and oxygen atoms in total. The number of hydrogen-bond acceptors (Lipinski definition) is 2. The highest BCUT2D eigenvalue weighted by molar-refractivity contribution is 5.79. The van der Waals surface area contributed by atoms with Crippen molar-refractivity contribution in [3.63, 3.8) is 0 Å². The zero-order chi connectivity index (χ0) is 14.8. The summed E-state index contributed by atoms with van der Waals surface area (Å²) in [6, 6.07) is 0.0936. The van der Waals surface area contributed by atoms with Crippen molar-refractivity contribution in [2.24, 2.45) is 11.7 Å². The van der Waals surface area contributed by atoms with Crippen molar-refractivity contribution in [1.29, 1.82) is 0 Å². The lowest BCUT2D eigenvalue weighted by Gasteiger charge is -2.33. The SMILES string of the molecule is CCCCCN(CCCCC)C(=O)C1CCCCC1N. The van der Waals surface area contributed by atoms with Gasteiger partial charge in [0.2, 0.25) is 5.91 Å². The monoisotopic (exact) mass is 282 g/mol. The first-order chi connectivity index (χ1) is 9.70. The van der Waals surface area contributed by atoms with Crippen molar-refractivity contribution in [1.82, 2.24) is 4.90 Å². The maximum absolute atomic E-state index is 12.7. The van der Waals surface area contributed by atoms with E-state index < -0.39 is 0 Å². The van der Waals surface area contributed by atoms with Crippen molar-refractivity contribution in [3.8, 4) is 0 Å². The normalized spacial score (nSPS) is 22.8. The van der Waals surface area contributed by atoms with Gasteiger partial charge in [-0.3, -0.25) is 4.79 Å². The van der Waals surface area contributed by atoms with Crippen LogP contribution in [0.4, 0.5) is 0 Å². The van der Waals surface area contributed by atoms with Gasteiger partial charge in [-0.1, -0.05) is 52.4 Å². The number of hydrogen-bond donors (Lipinski definition) is 1. The summed E-state index contributed by atoms with van der Waals surface area (Å²) in [5.74, 6) is 0.427. The highest BCUT2D eigenvalue weighted by atomic mass is 16.2. The van der Waals surface area contributed by atoms with Crippen LogP contribution in [0.1, 0.15) is 78.1 Å². The lowest BCUT2D eigenvalue weighted by Crippen LogP contribution is -2.46. The third-order valence-electron chi connectivity index (χ3n) is 4.51. The van der Waals surface area contributed by atoms with Crippen LogP contribution >= 0.6 is 0 Å². The number of rotatable bonds is 9. The lowest BCUT2D eigenvalue weighted by molar-refractivity contribution is -0.137. The zero-order valence-corrected chi connectivity index (χ0v) is 13.6. The van der Waals surface area contributed by atoms with E-state index in [9.17, 15) is 4.79 Å². The van der Waals surface area contributed by atoms with Crippen molar-refractivity contribution in [2.45, 2.75) is 84.1 Å². The quantitative estimate of drug-likeness (QED) is 0.655. The Balaban J connectivity index is 2.51. The molecule has 0 radical (unpaired) electrons. The van der Waals surface area contributed by atoms with Gasteiger partial charge in [0.25, 0.3) is 0 Å². The molecule has 0 aromatic carbocycles. The van der Waals surface area contributed by atoms with E-state index in [1.54, 1.807) is 0 Å². The van der Waals surface area contributed by atoms with Crippen molar-refractivity contribution in [3.05, 3.63) is 0 Å². The third-order valence-corrected chi connectivity index (χ3v) is 4.51. The molecule has 0 aromatic heterocycles. The highest BCUT2D eigenvalue weighted by Crippen LogP contribution is 2.25. The van der Waals surface area contributed by atoms with Crippen molar-refractivity contribution >= 4 is 5.91 Å². The molecule has 2 N–H and O–H groups in total. The summed E-state index contributed by atoms with van der Waals surface area (Å²) in [5.41, 5.74) is 6.18. The van der Waals surface area contributed by atoms with Crippen LogP contribution in [0.15, 0.2) is 0 Å². The van der Waals surface area contributed by atoms with Gasteiger partial charge < -0.3 is 10.6 Å². The van der Waals surface area contributed by atoms with Crippen LogP contribution in [0, 0.1) is 5.92 Å². The molecule has 0 bridgehead atoms. The predicted octanol–water partition coefficient (Wildman–Crippen LogP) is 3.71. The van der Waals surface area contributed by atoms with Gasteiger partial charge in [-0.2, -0.15) is 0 Å². The van der Waals surface area contributed by atoms with Crippen LogP contribution in [-0.4, -0.2) is 29.9 Å². The minimum atomic E-state index is 0.0898. The van der Waals surface area contributed by atoms with E-state index in [1.807, 2.05) is 0 Å². The van der Waals surface area contributed by atoms with Crippen LogP contribution < -0.4 is 5.73 Å². The molecule has 1 saturated carbocycles. The fraction of sp³-hybridized carbons (Fsp3) is 0.941. The standard InChI is InChI=1S/C17H34N2O/c1-3-5-9-13-19(14-10-6-4-2)17(20)15-11-7-8-12-16(15)18/h15-16H,3-14,18H2,1-2H3. The Kier molecular flexibility index (Phi) is 8.92. The van der Waals surface area contributed by atoms with Crippen LogP contribution in [-0.2, 0) is 4.79 Å². The summed E-state index contributed by atoms with van der Waals surface area (Å²) < 4.78 is 0. The van der Waals surface area contributed by atoms with Crippen molar-refractivity contribution in [2.75, 3.05) is 13.1 Å². The van der Waals surface area contributed by atoms with Gasteiger partial charge in [-0.15, -0.1) is 0 Å². The second-order valence-electron chi connectivity index (χ2n) is 6.29. The van der Waals surface area contributed by atoms with Crippen LogP contribution in [0.3, 0.4) is 0 Å². The van der Waals surface area contributed by atoms with Gasteiger partial charge in [-0.25, -0.2) is 0 Å². The molecule has 1 rings (SSSR count). The Bertz CT molecular complexity index is 258.